The maximum absolute atomic E-state index is 6.30. The van der Waals surface area contributed by atoms with Gasteiger partial charge in [-0.05, 0) is 72.9 Å². The third-order valence-corrected chi connectivity index (χ3v) is 5.74. The van der Waals surface area contributed by atoms with Crippen LogP contribution in [-0.2, 0) is 13.2 Å². The van der Waals surface area contributed by atoms with E-state index in [1.165, 1.54) is 11.1 Å². The van der Waals surface area contributed by atoms with Crippen LogP contribution in [0.15, 0.2) is 66.7 Å². The van der Waals surface area contributed by atoms with Crippen molar-refractivity contribution in [3.63, 3.8) is 0 Å². The molecule has 5 heteroatoms. The molecule has 4 rings (SSSR count). The summed E-state index contributed by atoms with van der Waals surface area (Å²) >= 11 is 5.95. The van der Waals surface area contributed by atoms with Gasteiger partial charge in [0.15, 0.2) is 0 Å². The fourth-order valence-electron chi connectivity index (χ4n) is 3.81. The van der Waals surface area contributed by atoms with Crippen LogP contribution >= 0.6 is 11.6 Å². The molecule has 0 amide bonds. The van der Waals surface area contributed by atoms with Gasteiger partial charge < -0.3 is 14.0 Å². The largest absolute Gasteiger partial charge is 0.494 e. The van der Waals surface area contributed by atoms with E-state index in [0.717, 1.165) is 41.3 Å². The molecule has 0 aliphatic rings. The molecule has 4 nitrogen and oxygen atoms in total. The second kappa shape index (κ2) is 10.1. The zero-order valence-electron chi connectivity index (χ0n) is 18.8. The molecule has 0 atom stereocenters. The van der Waals surface area contributed by atoms with Gasteiger partial charge in [-0.25, -0.2) is 4.98 Å². The average Bonchev–Trinajstić information content (AvgIpc) is 3.14. The lowest BCUT2D eigenvalue weighted by molar-refractivity contribution is 0.277. The molecule has 4 aromatic rings. The summed E-state index contributed by atoms with van der Waals surface area (Å²) in [6, 6.07) is 22.1. The molecule has 0 saturated carbocycles. The van der Waals surface area contributed by atoms with Crippen molar-refractivity contribution in [1.29, 1.82) is 0 Å². The average molecular weight is 449 g/mol. The number of rotatable bonds is 9. The highest BCUT2D eigenvalue weighted by Crippen LogP contribution is 2.28. The first-order valence-corrected chi connectivity index (χ1v) is 11.4. The molecule has 0 aliphatic heterocycles. The SMILES string of the molecule is Cc1ccc(C(C)C)c(OCc2nc3ccccc3n2CCCOc2ccc(Cl)cc2)c1. The summed E-state index contributed by atoms with van der Waals surface area (Å²) < 4.78 is 14.4. The van der Waals surface area contributed by atoms with Crippen LogP contribution in [0.2, 0.25) is 5.02 Å². The molecule has 3 aromatic carbocycles. The maximum atomic E-state index is 6.30. The van der Waals surface area contributed by atoms with E-state index in [2.05, 4.69) is 49.6 Å². The third kappa shape index (κ3) is 5.25. The quantitative estimate of drug-likeness (QED) is 0.254. The Morgan fingerprint density at radius 3 is 2.53 bits per heavy atom. The molecule has 1 aromatic heterocycles. The van der Waals surface area contributed by atoms with Crippen LogP contribution < -0.4 is 9.47 Å². The number of aryl methyl sites for hydroxylation is 2. The number of aromatic nitrogens is 2. The number of benzene rings is 3. The Hall–Kier alpha value is -2.98. The summed E-state index contributed by atoms with van der Waals surface area (Å²) in [5.41, 5.74) is 4.51. The van der Waals surface area contributed by atoms with E-state index >= 15 is 0 Å². The van der Waals surface area contributed by atoms with Gasteiger partial charge in [-0.2, -0.15) is 0 Å². The van der Waals surface area contributed by atoms with E-state index < -0.39 is 0 Å². The Kier molecular flexibility index (Phi) is 7.01. The van der Waals surface area contributed by atoms with Gasteiger partial charge in [-0.3, -0.25) is 0 Å². The molecule has 0 spiro atoms. The minimum absolute atomic E-state index is 0.398. The first-order chi connectivity index (χ1) is 15.5. The van der Waals surface area contributed by atoms with Crippen LogP contribution in [0.1, 0.15) is 43.1 Å². The number of halogens is 1. The molecule has 0 radical (unpaired) electrons. The predicted molar refractivity (Wildman–Crippen MR) is 131 cm³/mol. The fraction of sp³-hybridized carbons (Fsp3) is 0.296. The molecule has 1 heterocycles. The van der Waals surface area contributed by atoms with Crippen molar-refractivity contribution in [2.75, 3.05) is 6.61 Å². The zero-order valence-corrected chi connectivity index (χ0v) is 19.6. The number of hydrogen-bond acceptors (Lipinski definition) is 3. The summed E-state index contributed by atoms with van der Waals surface area (Å²) in [5, 5.41) is 0.709. The topological polar surface area (TPSA) is 36.3 Å². The minimum Gasteiger partial charge on any atom is -0.494 e. The molecule has 0 fully saturated rings. The number of hydrogen-bond donors (Lipinski definition) is 0. The van der Waals surface area contributed by atoms with Crippen LogP contribution in [0.3, 0.4) is 0 Å². The lowest BCUT2D eigenvalue weighted by Gasteiger charge is -2.16. The van der Waals surface area contributed by atoms with Crippen molar-refractivity contribution in [2.24, 2.45) is 0 Å². The number of ether oxygens (including phenoxy) is 2. The second-order valence-corrected chi connectivity index (χ2v) is 8.75. The van der Waals surface area contributed by atoms with Crippen molar-refractivity contribution in [3.05, 3.63) is 88.7 Å². The lowest BCUT2D eigenvalue weighted by Crippen LogP contribution is -2.11. The second-order valence-electron chi connectivity index (χ2n) is 8.31. The highest BCUT2D eigenvalue weighted by atomic mass is 35.5. The van der Waals surface area contributed by atoms with Gasteiger partial charge in [0, 0.05) is 11.6 Å². The first kappa shape index (κ1) is 22.2. The van der Waals surface area contributed by atoms with Crippen molar-refractivity contribution in [1.82, 2.24) is 9.55 Å². The molecular weight excluding hydrogens is 420 g/mol. The van der Waals surface area contributed by atoms with Gasteiger partial charge in [-0.15, -0.1) is 0 Å². The van der Waals surface area contributed by atoms with Crippen LogP contribution in [0.4, 0.5) is 0 Å². The standard InChI is InChI=1S/C27H29ClN2O2/c1-19(2)23-14-9-20(3)17-26(23)32-18-27-29-24-7-4-5-8-25(24)30(27)15-6-16-31-22-12-10-21(28)11-13-22/h4-5,7-14,17,19H,6,15-16,18H2,1-3H3. The number of fused-ring (bicyclic) bond motifs is 1. The van der Waals surface area contributed by atoms with E-state index in [1.807, 2.05) is 42.5 Å². The van der Waals surface area contributed by atoms with Crippen molar-refractivity contribution < 1.29 is 9.47 Å². The van der Waals surface area contributed by atoms with Gasteiger partial charge in [0.1, 0.15) is 23.9 Å². The van der Waals surface area contributed by atoms with Crippen LogP contribution in [-0.4, -0.2) is 16.2 Å². The molecule has 166 valence electrons. The van der Waals surface area contributed by atoms with Crippen LogP contribution in [0.25, 0.3) is 11.0 Å². The number of para-hydroxylation sites is 2. The molecule has 0 bridgehead atoms. The Morgan fingerprint density at radius 2 is 1.75 bits per heavy atom. The summed E-state index contributed by atoms with van der Waals surface area (Å²) in [6.07, 6.45) is 0.859. The Balaban J connectivity index is 1.48. The predicted octanol–water partition coefficient (Wildman–Crippen LogP) is 7.17. The highest BCUT2D eigenvalue weighted by molar-refractivity contribution is 6.30. The van der Waals surface area contributed by atoms with Crippen LogP contribution in [0, 0.1) is 6.92 Å². The van der Waals surface area contributed by atoms with Gasteiger partial charge in [0.2, 0.25) is 0 Å². The molecule has 32 heavy (non-hydrogen) atoms. The maximum Gasteiger partial charge on any atom is 0.148 e. The zero-order chi connectivity index (χ0) is 22.5. The van der Waals surface area contributed by atoms with E-state index in [9.17, 15) is 0 Å². The highest BCUT2D eigenvalue weighted by Gasteiger charge is 2.13. The molecule has 0 unspecified atom stereocenters. The molecule has 0 N–H and O–H groups in total. The monoisotopic (exact) mass is 448 g/mol. The Morgan fingerprint density at radius 1 is 0.969 bits per heavy atom. The van der Waals surface area contributed by atoms with Gasteiger partial charge in [-0.1, -0.05) is 49.7 Å². The smallest absolute Gasteiger partial charge is 0.148 e. The third-order valence-electron chi connectivity index (χ3n) is 5.49. The van der Waals surface area contributed by atoms with Crippen molar-refractivity contribution in [3.8, 4) is 11.5 Å². The minimum atomic E-state index is 0.398. The van der Waals surface area contributed by atoms with Gasteiger partial charge >= 0.3 is 0 Å². The normalized spacial score (nSPS) is 11.3. The summed E-state index contributed by atoms with van der Waals surface area (Å²) in [4.78, 5) is 4.85. The van der Waals surface area contributed by atoms with E-state index in [-0.39, 0.29) is 0 Å². The molecule has 0 saturated heterocycles. The Bertz CT molecular complexity index is 1180. The number of nitrogens with zero attached hydrogens (tertiary/aromatic N) is 2. The summed E-state index contributed by atoms with van der Waals surface area (Å²) in [6.45, 7) is 8.31. The van der Waals surface area contributed by atoms with Crippen molar-refractivity contribution in [2.45, 2.75) is 46.3 Å². The number of imidazole rings is 1. The van der Waals surface area contributed by atoms with E-state index in [1.54, 1.807) is 0 Å². The fourth-order valence-corrected chi connectivity index (χ4v) is 3.94. The first-order valence-electron chi connectivity index (χ1n) is 11.1. The molecule has 0 aliphatic carbocycles. The lowest BCUT2D eigenvalue weighted by atomic mass is 10.0. The summed E-state index contributed by atoms with van der Waals surface area (Å²) in [7, 11) is 0. The van der Waals surface area contributed by atoms with E-state index in [4.69, 9.17) is 26.1 Å². The van der Waals surface area contributed by atoms with Gasteiger partial charge in [0.25, 0.3) is 0 Å². The molecular formula is C27H29ClN2O2. The van der Waals surface area contributed by atoms with E-state index in [0.29, 0.717) is 24.2 Å². The van der Waals surface area contributed by atoms with Crippen LogP contribution in [0.5, 0.6) is 11.5 Å². The van der Waals surface area contributed by atoms with Crippen molar-refractivity contribution >= 4 is 22.6 Å². The Labute approximate surface area is 194 Å². The summed E-state index contributed by atoms with van der Waals surface area (Å²) in [5.74, 6) is 3.09. The van der Waals surface area contributed by atoms with Gasteiger partial charge in [0.05, 0.1) is 17.6 Å².